The minimum atomic E-state index is -0.845. The molecule has 0 aromatic heterocycles. The van der Waals surface area contributed by atoms with Gasteiger partial charge in [0.1, 0.15) is 5.75 Å². The zero-order chi connectivity index (χ0) is 16.0. The molecule has 8 heteroatoms. The molecule has 2 fully saturated rings. The number of ether oxygens (including phenoxy) is 1. The molecule has 0 aliphatic carbocycles. The number of aromatic hydroxyl groups is 1. The van der Waals surface area contributed by atoms with E-state index in [4.69, 9.17) is 27.9 Å². The number of hydrogen-bond acceptors (Lipinski definition) is 4. The van der Waals surface area contributed by atoms with Crippen LogP contribution in [-0.4, -0.2) is 47.7 Å². The second-order valence-corrected chi connectivity index (χ2v) is 6.15. The summed E-state index contributed by atoms with van der Waals surface area (Å²) in [7, 11) is 1.49. The molecular weight excluding hydrogens is 331 g/mol. The third-order valence-electron chi connectivity index (χ3n) is 4.18. The number of rotatable bonds is 2. The molecule has 1 aromatic rings. The Kier molecular flexibility index (Phi) is 3.82. The molecule has 1 unspecified atom stereocenters. The van der Waals surface area contributed by atoms with Gasteiger partial charge in [-0.2, -0.15) is 0 Å². The summed E-state index contributed by atoms with van der Waals surface area (Å²) in [5, 5.41) is 13.2. The summed E-state index contributed by atoms with van der Waals surface area (Å²) in [4.78, 5) is 25.2. The van der Waals surface area contributed by atoms with Crippen molar-refractivity contribution in [2.24, 2.45) is 0 Å². The van der Waals surface area contributed by atoms with E-state index in [0.29, 0.717) is 23.6 Å². The zero-order valence-corrected chi connectivity index (χ0v) is 13.2. The Bertz CT molecular complexity index is 652. The molecule has 2 heterocycles. The summed E-state index contributed by atoms with van der Waals surface area (Å²) in [6.45, 7) is 0.324. The van der Waals surface area contributed by atoms with Gasteiger partial charge in [-0.05, 0) is 18.6 Å². The first kappa shape index (κ1) is 15.2. The van der Waals surface area contributed by atoms with Crippen LogP contribution in [0.3, 0.4) is 0 Å². The number of phenolic OH excluding ortho intramolecular Hbond substituents is 1. The van der Waals surface area contributed by atoms with E-state index in [9.17, 15) is 14.7 Å². The highest BCUT2D eigenvalue weighted by Gasteiger charge is 2.51. The van der Waals surface area contributed by atoms with E-state index in [2.05, 4.69) is 5.32 Å². The van der Waals surface area contributed by atoms with Gasteiger partial charge in [0, 0.05) is 25.1 Å². The van der Waals surface area contributed by atoms with Gasteiger partial charge in [0.15, 0.2) is 0 Å². The van der Waals surface area contributed by atoms with Crippen molar-refractivity contribution in [3.05, 3.63) is 27.7 Å². The fourth-order valence-corrected chi connectivity index (χ4v) is 3.62. The molecule has 2 aliphatic heterocycles. The van der Waals surface area contributed by atoms with Gasteiger partial charge in [-0.25, -0.2) is 4.79 Å². The number of carbonyl (C=O) groups excluding carboxylic acids is 2. The van der Waals surface area contributed by atoms with Crippen molar-refractivity contribution in [3.63, 3.8) is 0 Å². The molecule has 1 aromatic carbocycles. The lowest BCUT2D eigenvalue weighted by molar-refractivity contribution is -0.128. The molecule has 2 N–H and O–H groups in total. The van der Waals surface area contributed by atoms with Crippen molar-refractivity contribution in [1.82, 2.24) is 10.2 Å². The second kappa shape index (κ2) is 5.52. The molecule has 2 aliphatic rings. The third-order valence-corrected chi connectivity index (χ3v) is 5.00. The molecule has 118 valence electrons. The molecular formula is C14H14Cl2N2O4. The van der Waals surface area contributed by atoms with Crippen molar-refractivity contribution in [2.75, 3.05) is 13.6 Å². The SMILES string of the molecule is CNC(=O)C1OC(=O)N2C[C@@H](c3c(O)ccc(Cl)c3Cl)C[C@@H]12. The average Bonchev–Trinajstić information content (AvgIpc) is 3.04. The monoisotopic (exact) mass is 344 g/mol. The Labute approximate surface area is 136 Å². The van der Waals surface area contributed by atoms with E-state index in [0.717, 1.165) is 0 Å². The highest BCUT2D eigenvalue weighted by atomic mass is 35.5. The third kappa shape index (κ3) is 2.27. The van der Waals surface area contributed by atoms with Crippen LogP contribution < -0.4 is 5.32 Å². The Hall–Kier alpha value is -1.66. The number of nitrogens with zero attached hydrogens (tertiary/aromatic N) is 1. The first-order chi connectivity index (χ1) is 10.4. The number of benzene rings is 1. The van der Waals surface area contributed by atoms with Crippen LogP contribution in [0.1, 0.15) is 17.9 Å². The smallest absolute Gasteiger partial charge is 0.411 e. The predicted molar refractivity (Wildman–Crippen MR) is 80.3 cm³/mol. The van der Waals surface area contributed by atoms with Crippen molar-refractivity contribution in [1.29, 1.82) is 0 Å². The maximum absolute atomic E-state index is 11.9. The van der Waals surface area contributed by atoms with Crippen LogP contribution in [0.4, 0.5) is 4.79 Å². The van der Waals surface area contributed by atoms with Gasteiger partial charge in [-0.3, -0.25) is 4.79 Å². The van der Waals surface area contributed by atoms with Gasteiger partial charge in [-0.15, -0.1) is 0 Å². The number of cyclic esters (lactones) is 1. The molecule has 0 saturated carbocycles. The van der Waals surface area contributed by atoms with E-state index in [1.165, 1.54) is 24.1 Å². The first-order valence-corrected chi connectivity index (χ1v) is 7.55. The molecule has 0 bridgehead atoms. The summed E-state index contributed by atoms with van der Waals surface area (Å²) < 4.78 is 5.10. The van der Waals surface area contributed by atoms with Gasteiger partial charge in [0.05, 0.1) is 16.1 Å². The minimum absolute atomic E-state index is 0.0328. The zero-order valence-electron chi connectivity index (χ0n) is 11.7. The number of halogens is 2. The van der Waals surface area contributed by atoms with Gasteiger partial charge in [0.25, 0.3) is 5.91 Å². The lowest BCUT2D eigenvalue weighted by Gasteiger charge is -2.16. The molecule has 3 atom stereocenters. The Balaban J connectivity index is 1.91. The van der Waals surface area contributed by atoms with Crippen molar-refractivity contribution in [3.8, 4) is 5.75 Å². The molecule has 0 radical (unpaired) electrons. The van der Waals surface area contributed by atoms with Gasteiger partial charge in [0.2, 0.25) is 6.10 Å². The van der Waals surface area contributed by atoms with Gasteiger partial charge >= 0.3 is 6.09 Å². The number of nitrogens with one attached hydrogen (secondary N) is 1. The average molecular weight is 345 g/mol. The van der Waals surface area contributed by atoms with E-state index in [-0.39, 0.29) is 28.6 Å². The fourth-order valence-electron chi connectivity index (χ4n) is 3.14. The van der Waals surface area contributed by atoms with Crippen LogP contribution in [0, 0.1) is 0 Å². The van der Waals surface area contributed by atoms with Crippen molar-refractivity contribution in [2.45, 2.75) is 24.5 Å². The number of phenols is 1. The topological polar surface area (TPSA) is 78.9 Å². The largest absolute Gasteiger partial charge is 0.508 e. The van der Waals surface area contributed by atoms with E-state index in [1.807, 2.05) is 0 Å². The highest BCUT2D eigenvalue weighted by Crippen LogP contribution is 2.45. The molecule has 0 spiro atoms. The summed E-state index contributed by atoms with van der Waals surface area (Å²) in [6, 6.07) is 2.62. The summed E-state index contributed by atoms with van der Waals surface area (Å²) in [5.41, 5.74) is 0.507. The number of carbonyl (C=O) groups is 2. The van der Waals surface area contributed by atoms with Gasteiger partial charge < -0.3 is 20.1 Å². The Morgan fingerprint density at radius 3 is 2.86 bits per heavy atom. The number of fused-ring (bicyclic) bond motifs is 1. The lowest BCUT2D eigenvalue weighted by atomic mass is 9.93. The Morgan fingerprint density at radius 2 is 2.18 bits per heavy atom. The quantitative estimate of drug-likeness (QED) is 0.861. The van der Waals surface area contributed by atoms with Crippen LogP contribution in [0.25, 0.3) is 0 Å². The molecule has 22 heavy (non-hydrogen) atoms. The Morgan fingerprint density at radius 1 is 1.45 bits per heavy atom. The maximum Gasteiger partial charge on any atom is 0.411 e. The van der Waals surface area contributed by atoms with E-state index in [1.54, 1.807) is 0 Å². The van der Waals surface area contributed by atoms with Crippen molar-refractivity contribution < 1.29 is 19.4 Å². The number of likely N-dealkylation sites (N-methyl/N-ethyl adjacent to an activating group) is 1. The second-order valence-electron chi connectivity index (χ2n) is 5.37. The first-order valence-electron chi connectivity index (χ1n) is 6.79. The van der Waals surface area contributed by atoms with E-state index < -0.39 is 12.2 Å². The minimum Gasteiger partial charge on any atom is -0.508 e. The molecule has 6 nitrogen and oxygen atoms in total. The maximum atomic E-state index is 11.9. The fraction of sp³-hybridized carbons (Fsp3) is 0.429. The van der Waals surface area contributed by atoms with Crippen molar-refractivity contribution >= 4 is 35.2 Å². The van der Waals surface area contributed by atoms with E-state index >= 15 is 0 Å². The van der Waals surface area contributed by atoms with Crippen LogP contribution in [0.2, 0.25) is 10.0 Å². The number of amides is 2. The lowest BCUT2D eigenvalue weighted by Crippen LogP contribution is -2.40. The standard InChI is InChI=1S/C14H14Cl2N2O4/c1-17-13(20)12-8-4-6(5-18(8)14(21)22-12)10-9(19)3-2-7(15)11(10)16/h2-3,6,8,12,19H,4-5H2,1H3,(H,17,20)/t6-,8-,12?/m0/s1. The van der Waals surface area contributed by atoms with Crippen LogP contribution in [0.15, 0.2) is 12.1 Å². The van der Waals surface area contributed by atoms with Crippen LogP contribution >= 0.6 is 23.2 Å². The molecule has 3 rings (SSSR count). The number of hydrogen-bond donors (Lipinski definition) is 2. The predicted octanol–water partition coefficient (Wildman–Crippen LogP) is 2.12. The molecule has 2 saturated heterocycles. The van der Waals surface area contributed by atoms with Gasteiger partial charge in [-0.1, -0.05) is 23.2 Å². The van der Waals surface area contributed by atoms with Crippen LogP contribution in [-0.2, 0) is 9.53 Å². The summed E-state index contributed by atoms with van der Waals surface area (Å²) >= 11 is 12.2. The van der Waals surface area contributed by atoms with Crippen LogP contribution in [0.5, 0.6) is 5.75 Å². The summed E-state index contributed by atoms with van der Waals surface area (Å²) in [6.07, 6.45) is -0.904. The summed E-state index contributed by atoms with van der Waals surface area (Å²) in [5.74, 6) is -0.510. The highest BCUT2D eigenvalue weighted by molar-refractivity contribution is 6.42. The molecule has 2 amide bonds. The normalized spacial score (nSPS) is 26.8.